The Kier molecular flexibility index (Phi) is 4.59. The van der Waals surface area contributed by atoms with E-state index in [1.165, 1.54) is 0 Å². The van der Waals surface area contributed by atoms with Gasteiger partial charge in [0.05, 0.1) is 15.7 Å². The second-order valence-electron chi connectivity index (χ2n) is 3.89. The maximum absolute atomic E-state index is 11.3. The molecule has 0 aromatic heterocycles. The SMILES string of the molecule is O=C1NCCN1CCNc1c(Cl)cc(Br)cc1Cl. The van der Waals surface area contributed by atoms with E-state index in [1.54, 1.807) is 17.0 Å². The molecule has 98 valence electrons. The lowest BCUT2D eigenvalue weighted by Crippen LogP contribution is -2.32. The second kappa shape index (κ2) is 5.99. The summed E-state index contributed by atoms with van der Waals surface area (Å²) in [6.45, 7) is 2.67. The Morgan fingerprint density at radius 3 is 2.61 bits per heavy atom. The van der Waals surface area contributed by atoms with Crippen molar-refractivity contribution in [2.24, 2.45) is 0 Å². The monoisotopic (exact) mass is 351 g/mol. The lowest BCUT2D eigenvalue weighted by Gasteiger charge is -2.16. The van der Waals surface area contributed by atoms with Crippen molar-refractivity contribution in [2.45, 2.75) is 0 Å². The summed E-state index contributed by atoms with van der Waals surface area (Å²) >= 11 is 15.5. The Hall–Kier alpha value is -0.650. The van der Waals surface area contributed by atoms with E-state index in [-0.39, 0.29) is 6.03 Å². The summed E-state index contributed by atoms with van der Waals surface area (Å²) in [5.74, 6) is 0. The molecule has 1 fully saturated rings. The number of rotatable bonds is 4. The average molecular weight is 353 g/mol. The molecular formula is C11H12BrCl2N3O. The first-order chi connectivity index (χ1) is 8.58. The molecule has 2 rings (SSSR count). The predicted octanol–water partition coefficient (Wildman–Crippen LogP) is 3.19. The number of urea groups is 1. The highest BCUT2D eigenvalue weighted by Gasteiger charge is 2.18. The molecule has 0 radical (unpaired) electrons. The molecule has 1 aromatic carbocycles. The van der Waals surface area contributed by atoms with E-state index in [9.17, 15) is 4.79 Å². The fraction of sp³-hybridized carbons (Fsp3) is 0.364. The number of benzene rings is 1. The van der Waals surface area contributed by atoms with Gasteiger partial charge in [-0.15, -0.1) is 0 Å². The van der Waals surface area contributed by atoms with Crippen LogP contribution in [-0.4, -0.2) is 37.1 Å². The molecule has 0 atom stereocenters. The summed E-state index contributed by atoms with van der Waals surface area (Å²) in [6.07, 6.45) is 0. The van der Waals surface area contributed by atoms with Crippen molar-refractivity contribution in [1.29, 1.82) is 0 Å². The number of carbonyl (C=O) groups is 1. The Morgan fingerprint density at radius 2 is 2.06 bits per heavy atom. The van der Waals surface area contributed by atoms with Gasteiger partial charge in [-0.25, -0.2) is 4.79 Å². The summed E-state index contributed by atoms with van der Waals surface area (Å²) in [5, 5.41) is 7.01. The Bertz CT molecular complexity index is 447. The molecule has 18 heavy (non-hydrogen) atoms. The quantitative estimate of drug-likeness (QED) is 0.873. The van der Waals surface area contributed by atoms with Gasteiger partial charge in [-0.1, -0.05) is 39.1 Å². The topological polar surface area (TPSA) is 44.4 Å². The maximum atomic E-state index is 11.3. The third kappa shape index (κ3) is 3.22. The van der Waals surface area contributed by atoms with Gasteiger partial charge in [0.2, 0.25) is 0 Å². The van der Waals surface area contributed by atoms with Gasteiger partial charge in [0.15, 0.2) is 0 Å². The van der Waals surface area contributed by atoms with Crippen molar-refractivity contribution in [3.05, 3.63) is 26.7 Å². The fourth-order valence-corrected chi connectivity index (χ4v) is 3.09. The molecule has 0 aliphatic carbocycles. The van der Waals surface area contributed by atoms with Crippen LogP contribution in [0.5, 0.6) is 0 Å². The molecule has 2 N–H and O–H groups in total. The summed E-state index contributed by atoms with van der Waals surface area (Å²) in [5.41, 5.74) is 0.695. The molecule has 1 saturated heterocycles. The zero-order chi connectivity index (χ0) is 13.1. The molecule has 0 unspecified atom stereocenters. The second-order valence-corrected chi connectivity index (χ2v) is 5.62. The van der Waals surface area contributed by atoms with Gasteiger partial charge < -0.3 is 15.5 Å². The first kappa shape index (κ1) is 13.8. The van der Waals surface area contributed by atoms with Crippen LogP contribution >= 0.6 is 39.1 Å². The number of nitrogens with one attached hydrogen (secondary N) is 2. The van der Waals surface area contributed by atoms with Crippen molar-refractivity contribution < 1.29 is 4.79 Å². The molecule has 0 saturated carbocycles. The summed E-state index contributed by atoms with van der Waals surface area (Å²) in [7, 11) is 0. The minimum atomic E-state index is -0.0233. The Labute approximate surface area is 124 Å². The summed E-state index contributed by atoms with van der Waals surface area (Å²) in [4.78, 5) is 13.1. The van der Waals surface area contributed by atoms with Crippen LogP contribution in [0.3, 0.4) is 0 Å². The van der Waals surface area contributed by atoms with Crippen LogP contribution < -0.4 is 10.6 Å². The van der Waals surface area contributed by atoms with Gasteiger partial charge >= 0.3 is 6.03 Å². The van der Waals surface area contributed by atoms with Gasteiger partial charge in [-0.3, -0.25) is 0 Å². The minimum Gasteiger partial charge on any atom is -0.381 e. The number of hydrogen-bond acceptors (Lipinski definition) is 2. The van der Waals surface area contributed by atoms with Gasteiger partial charge in [0.25, 0.3) is 0 Å². The normalized spacial score (nSPS) is 14.8. The summed E-state index contributed by atoms with van der Waals surface area (Å²) < 4.78 is 0.835. The predicted molar refractivity (Wildman–Crippen MR) is 77.6 cm³/mol. The number of hydrogen-bond donors (Lipinski definition) is 2. The number of anilines is 1. The molecule has 1 aliphatic heterocycles. The smallest absolute Gasteiger partial charge is 0.317 e. The van der Waals surface area contributed by atoms with E-state index >= 15 is 0 Å². The zero-order valence-corrected chi connectivity index (χ0v) is 12.6. The van der Waals surface area contributed by atoms with Crippen LogP contribution in [0.25, 0.3) is 0 Å². The third-order valence-electron chi connectivity index (χ3n) is 2.64. The lowest BCUT2D eigenvalue weighted by atomic mass is 10.3. The van der Waals surface area contributed by atoms with Crippen LogP contribution in [0.1, 0.15) is 0 Å². The zero-order valence-electron chi connectivity index (χ0n) is 9.47. The molecule has 1 heterocycles. The van der Waals surface area contributed by atoms with Gasteiger partial charge in [-0.2, -0.15) is 0 Å². The van der Waals surface area contributed by atoms with Gasteiger partial charge in [0, 0.05) is 30.7 Å². The number of amides is 2. The van der Waals surface area contributed by atoms with E-state index in [2.05, 4.69) is 26.6 Å². The minimum absolute atomic E-state index is 0.0233. The third-order valence-corrected chi connectivity index (χ3v) is 3.69. The van der Waals surface area contributed by atoms with Crippen molar-refractivity contribution >= 4 is 50.9 Å². The molecule has 1 aromatic rings. The Balaban J connectivity index is 1.92. The molecule has 0 bridgehead atoms. The summed E-state index contributed by atoms with van der Waals surface area (Å²) in [6, 6.07) is 3.53. The van der Waals surface area contributed by atoms with Crippen LogP contribution in [0.4, 0.5) is 10.5 Å². The average Bonchev–Trinajstić information content (AvgIpc) is 2.68. The lowest BCUT2D eigenvalue weighted by molar-refractivity contribution is 0.219. The fourth-order valence-electron chi connectivity index (χ4n) is 1.75. The van der Waals surface area contributed by atoms with E-state index in [4.69, 9.17) is 23.2 Å². The molecule has 1 aliphatic rings. The molecule has 0 spiro atoms. The van der Waals surface area contributed by atoms with Crippen LogP contribution in [0.15, 0.2) is 16.6 Å². The highest BCUT2D eigenvalue weighted by molar-refractivity contribution is 9.10. The number of nitrogens with zero attached hydrogens (tertiary/aromatic N) is 1. The van der Waals surface area contributed by atoms with E-state index in [0.717, 1.165) is 11.0 Å². The van der Waals surface area contributed by atoms with E-state index in [1.807, 2.05) is 0 Å². The highest BCUT2D eigenvalue weighted by atomic mass is 79.9. The standard InChI is InChI=1S/C11H12BrCl2N3O/c12-7-5-8(13)10(9(14)6-7)15-1-3-17-4-2-16-11(17)18/h5-6,15H,1-4H2,(H,16,18). The van der Waals surface area contributed by atoms with Crippen LogP contribution in [-0.2, 0) is 0 Å². The first-order valence-corrected chi connectivity index (χ1v) is 7.04. The highest BCUT2D eigenvalue weighted by Crippen LogP contribution is 2.33. The maximum Gasteiger partial charge on any atom is 0.317 e. The molecule has 7 heteroatoms. The number of carbonyl (C=O) groups excluding carboxylic acids is 1. The van der Waals surface area contributed by atoms with Crippen LogP contribution in [0.2, 0.25) is 10.0 Å². The molecule has 4 nitrogen and oxygen atoms in total. The largest absolute Gasteiger partial charge is 0.381 e. The van der Waals surface area contributed by atoms with E-state index < -0.39 is 0 Å². The van der Waals surface area contributed by atoms with Gasteiger partial charge in [-0.05, 0) is 12.1 Å². The van der Waals surface area contributed by atoms with Crippen molar-refractivity contribution in [2.75, 3.05) is 31.5 Å². The first-order valence-electron chi connectivity index (χ1n) is 5.49. The number of halogens is 3. The van der Waals surface area contributed by atoms with Crippen molar-refractivity contribution in [3.63, 3.8) is 0 Å². The van der Waals surface area contributed by atoms with Crippen LogP contribution in [0, 0.1) is 0 Å². The molecular weight excluding hydrogens is 341 g/mol. The van der Waals surface area contributed by atoms with Crippen molar-refractivity contribution in [1.82, 2.24) is 10.2 Å². The Morgan fingerprint density at radius 1 is 1.39 bits per heavy atom. The van der Waals surface area contributed by atoms with Gasteiger partial charge in [0.1, 0.15) is 0 Å². The van der Waals surface area contributed by atoms with E-state index in [0.29, 0.717) is 35.4 Å². The van der Waals surface area contributed by atoms with Crippen molar-refractivity contribution in [3.8, 4) is 0 Å². The molecule has 2 amide bonds.